The molecule has 0 spiro atoms. The topological polar surface area (TPSA) is 65.6 Å². The zero-order valence-electron chi connectivity index (χ0n) is 11.2. The maximum absolute atomic E-state index is 12.3. The maximum atomic E-state index is 12.3. The first-order chi connectivity index (χ1) is 9.63. The normalized spacial score (nSPS) is 11.1. The fraction of sp³-hybridized carbons (Fsp3) is 0.214. The van der Waals surface area contributed by atoms with E-state index in [0.717, 1.165) is 10.9 Å². The van der Waals surface area contributed by atoms with Crippen LogP contribution in [0.4, 0.5) is 0 Å². The van der Waals surface area contributed by atoms with E-state index in [9.17, 15) is 9.59 Å². The molecular weight excluding hydrogens is 258 g/mol. The van der Waals surface area contributed by atoms with Gasteiger partial charge in [0.1, 0.15) is 0 Å². The van der Waals surface area contributed by atoms with Crippen molar-refractivity contribution >= 4 is 22.5 Å². The van der Waals surface area contributed by atoms with Gasteiger partial charge in [0.15, 0.2) is 11.3 Å². The second kappa shape index (κ2) is 4.48. The molecule has 20 heavy (non-hydrogen) atoms. The fourth-order valence-corrected chi connectivity index (χ4v) is 2.24. The monoisotopic (exact) mass is 271 g/mol. The largest absolute Gasteiger partial charge is 0.461 e. The van der Waals surface area contributed by atoms with Crippen LogP contribution in [-0.4, -0.2) is 26.5 Å². The number of hydrogen-bond acceptors (Lipinski definition) is 4. The molecule has 0 unspecified atom stereocenters. The summed E-state index contributed by atoms with van der Waals surface area (Å²) >= 11 is 0. The summed E-state index contributed by atoms with van der Waals surface area (Å²) in [4.78, 5) is 28.2. The lowest BCUT2D eigenvalue weighted by Gasteiger charge is -2.05. The minimum absolute atomic E-state index is 0.139. The van der Waals surface area contributed by atoms with E-state index in [1.807, 2.05) is 24.3 Å². The van der Waals surface area contributed by atoms with E-state index in [2.05, 4.69) is 4.98 Å². The van der Waals surface area contributed by atoms with E-state index < -0.39 is 5.97 Å². The van der Waals surface area contributed by atoms with Gasteiger partial charge in [-0.2, -0.15) is 0 Å². The molecule has 102 valence electrons. The molecular formula is C14H13N3O3. The molecule has 3 aromatic rings. The van der Waals surface area contributed by atoms with E-state index in [4.69, 9.17) is 4.74 Å². The van der Waals surface area contributed by atoms with Gasteiger partial charge in [0.05, 0.1) is 12.1 Å². The van der Waals surface area contributed by atoms with E-state index in [-0.39, 0.29) is 18.0 Å². The minimum Gasteiger partial charge on any atom is -0.461 e. The summed E-state index contributed by atoms with van der Waals surface area (Å²) in [5.74, 6) is -0.526. The molecule has 2 aromatic heterocycles. The van der Waals surface area contributed by atoms with Crippen molar-refractivity contribution in [3.05, 3.63) is 46.6 Å². The van der Waals surface area contributed by atoms with Gasteiger partial charge in [-0.05, 0) is 19.1 Å². The van der Waals surface area contributed by atoms with Crippen LogP contribution in [-0.2, 0) is 11.8 Å². The van der Waals surface area contributed by atoms with Crippen LogP contribution in [0, 0.1) is 0 Å². The minimum atomic E-state index is -0.526. The molecule has 0 atom stereocenters. The number of benzene rings is 1. The third kappa shape index (κ3) is 1.69. The number of carbonyl (C=O) groups excluding carboxylic acids is 1. The predicted octanol–water partition coefficient (Wildman–Crippen LogP) is 1.36. The number of aryl methyl sites for hydroxylation is 1. The van der Waals surface area contributed by atoms with Crippen molar-refractivity contribution in [1.29, 1.82) is 0 Å². The second-order valence-electron chi connectivity index (χ2n) is 4.40. The molecule has 3 rings (SSSR count). The van der Waals surface area contributed by atoms with Crippen molar-refractivity contribution in [2.24, 2.45) is 7.05 Å². The Morgan fingerprint density at radius 2 is 2.10 bits per heavy atom. The number of nitrogens with zero attached hydrogens (tertiary/aromatic N) is 3. The molecule has 0 amide bonds. The number of aromatic nitrogens is 3. The lowest BCUT2D eigenvalue weighted by atomic mass is 10.2. The summed E-state index contributed by atoms with van der Waals surface area (Å²) < 4.78 is 7.81. The van der Waals surface area contributed by atoms with Gasteiger partial charge >= 0.3 is 11.7 Å². The van der Waals surface area contributed by atoms with Gasteiger partial charge in [-0.3, -0.25) is 4.57 Å². The van der Waals surface area contributed by atoms with Gasteiger partial charge in [0.2, 0.25) is 0 Å². The Balaban J connectivity index is 2.38. The molecule has 0 aliphatic carbocycles. The van der Waals surface area contributed by atoms with E-state index >= 15 is 0 Å². The Morgan fingerprint density at radius 1 is 1.35 bits per heavy atom. The Bertz CT molecular complexity index is 876. The van der Waals surface area contributed by atoms with Crippen LogP contribution in [0.3, 0.4) is 0 Å². The first-order valence-electron chi connectivity index (χ1n) is 6.27. The van der Waals surface area contributed by atoms with E-state index in [0.29, 0.717) is 5.65 Å². The Hall–Kier alpha value is -2.63. The number of ether oxygens (including phenoxy) is 1. The number of para-hydroxylation sites is 1. The van der Waals surface area contributed by atoms with Gasteiger partial charge in [0, 0.05) is 18.6 Å². The van der Waals surface area contributed by atoms with Crippen LogP contribution in [0.2, 0.25) is 0 Å². The van der Waals surface area contributed by atoms with Crippen LogP contribution in [0.25, 0.3) is 16.6 Å². The van der Waals surface area contributed by atoms with Gasteiger partial charge in [-0.25, -0.2) is 19.0 Å². The summed E-state index contributed by atoms with van der Waals surface area (Å²) in [6.45, 7) is 1.99. The highest BCUT2D eigenvalue weighted by Crippen LogP contribution is 2.17. The molecule has 0 N–H and O–H groups in total. The quantitative estimate of drug-likeness (QED) is 0.660. The van der Waals surface area contributed by atoms with Crippen LogP contribution < -0.4 is 5.69 Å². The maximum Gasteiger partial charge on any atom is 0.358 e. The van der Waals surface area contributed by atoms with Crippen LogP contribution in [0.5, 0.6) is 0 Å². The van der Waals surface area contributed by atoms with Crippen molar-refractivity contribution < 1.29 is 9.53 Å². The molecule has 1 aromatic carbocycles. The highest BCUT2D eigenvalue weighted by atomic mass is 16.5. The molecule has 6 heteroatoms. The predicted molar refractivity (Wildman–Crippen MR) is 73.9 cm³/mol. The highest BCUT2D eigenvalue weighted by molar-refractivity contribution is 5.94. The average Bonchev–Trinajstić information content (AvgIpc) is 2.90. The van der Waals surface area contributed by atoms with Gasteiger partial charge in [0.25, 0.3) is 0 Å². The first-order valence-corrected chi connectivity index (χ1v) is 6.27. The molecule has 0 aliphatic heterocycles. The van der Waals surface area contributed by atoms with E-state index in [1.54, 1.807) is 14.0 Å². The molecule has 0 radical (unpaired) electrons. The molecule has 0 aliphatic rings. The number of fused-ring (bicyclic) bond motifs is 3. The van der Waals surface area contributed by atoms with Crippen molar-refractivity contribution in [2.45, 2.75) is 6.92 Å². The van der Waals surface area contributed by atoms with Crippen LogP contribution in [0.1, 0.15) is 17.4 Å². The van der Waals surface area contributed by atoms with Crippen LogP contribution >= 0.6 is 0 Å². The molecule has 0 fully saturated rings. The Morgan fingerprint density at radius 3 is 2.85 bits per heavy atom. The summed E-state index contributed by atoms with van der Waals surface area (Å²) in [6, 6.07) is 7.43. The summed E-state index contributed by atoms with van der Waals surface area (Å²) in [7, 11) is 1.69. The van der Waals surface area contributed by atoms with Crippen molar-refractivity contribution in [3.8, 4) is 0 Å². The molecule has 0 saturated heterocycles. The number of carbonyl (C=O) groups is 1. The van der Waals surface area contributed by atoms with E-state index in [1.165, 1.54) is 15.2 Å². The Kier molecular flexibility index (Phi) is 2.78. The summed E-state index contributed by atoms with van der Waals surface area (Å²) in [6.07, 6.45) is 1.42. The summed E-state index contributed by atoms with van der Waals surface area (Å²) in [5, 5.41) is 0.810. The van der Waals surface area contributed by atoms with Crippen molar-refractivity contribution in [2.75, 3.05) is 6.61 Å². The van der Waals surface area contributed by atoms with Crippen molar-refractivity contribution in [3.63, 3.8) is 0 Å². The molecule has 0 bridgehead atoms. The highest BCUT2D eigenvalue weighted by Gasteiger charge is 2.16. The van der Waals surface area contributed by atoms with Crippen LogP contribution in [0.15, 0.2) is 35.3 Å². The number of hydrogen-bond donors (Lipinski definition) is 0. The number of rotatable bonds is 2. The lowest BCUT2D eigenvalue weighted by molar-refractivity contribution is 0.0520. The second-order valence-corrected chi connectivity index (χ2v) is 4.40. The third-order valence-electron chi connectivity index (χ3n) is 3.19. The SMILES string of the molecule is CCOC(=O)c1cn2c(=O)n(C)c3ccccc3c2n1. The number of imidazole rings is 1. The first kappa shape index (κ1) is 12.4. The molecule has 6 nitrogen and oxygen atoms in total. The Labute approximate surface area is 114 Å². The molecule has 2 heterocycles. The fourth-order valence-electron chi connectivity index (χ4n) is 2.24. The number of esters is 1. The van der Waals surface area contributed by atoms with Crippen molar-refractivity contribution in [1.82, 2.24) is 14.0 Å². The van der Waals surface area contributed by atoms with Gasteiger partial charge in [-0.1, -0.05) is 12.1 Å². The molecule has 0 saturated carbocycles. The average molecular weight is 271 g/mol. The third-order valence-corrected chi connectivity index (χ3v) is 3.19. The van der Waals surface area contributed by atoms with Gasteiger partial charge in [-0.15, -0.1) is 0 Å². The zero-order chi connectivity index (χ0) is 14.3. The standard InChI is InChI=1S/C14H13N3O3/c1-3-20-13(18)10-8-17-12(15-10)9-6-4-5-7-11(9)16(2)14(17)19/h4-8H,3H2,1-2H3. The smallest absolute Gasteiger partial charge is 0.358 e. The van der Waals surface area contributed by atoms with Gasteiger partial charge < -0.3 is 4.74 Å². The zero-order valence-corrected chi connectivity index (χ0v) is 11.2. The lowest BCUT2D eigenvalue weighted by Crippen LogP contribution is -2.24. The summed E-state index contributed by atoms with van der Waals surface area (Å²) in [5.41, 5.74) is 1.12.